The highest BCUT2D eigenvalue weighted by molar-refractivity contribution is 9.09. The molecule has 0 aliphatic heterocycles. The first-order chi connectivity index (χ1) is 71.4. The average molecular weight is 2250 g/mol. The Kier molecular flexibility index (Phi) is 46.6. The zero-order valence-corrected chi connectivity index (χ0v) is 90.1. The van der Waals surface area contributed by atoms with Gasteiger partial charge in [-0.1, -0.05) is 192 Å². The van der Waals surface area contributed by atoms with Gasteiger partial charge in [0.05, 0.1) is 36.4 Å². The smallest absolute Gasteiger partial charge is 0.416 e. The summed E-state index contributed by atoms with van der Waals surface area (Å²) in [5.41, 5.74) is 0.469. The van der Waals surface area contributed by atoms with Crippen LogP contribution in [0.5, 0.6) is 17.2 Å². The number of terminal acetylenes is 1. The fourth-order valence-corrected chi connectivity index (χ4v) is 22.6. The molecule has 5 N–H and O–H groups in total. The number of para-hydroxylation sites is 2. The van der Waals surface area contributed by atoms with Crippen LogP contribution in [0.3, 0.4) is 0 Å². The zero-order valence-electron chi connectivity index (χ0n) is 82.2. The molecule has 5 heterocycles. The van der Waals surface area contributed by atoms with Crippen molar-refractivity contribution in [3.05, 3.63) is 280 Å². The molecule has 10 amide bonds. The molecule has 0 bridgehead atoms. The van der Waals surface area contributed by atoms with Crippen LogP contribution in [-0.2, 0) is 66.9 Å². The predicted octanol–water partition coefficient (Wildman–Crippen LogP) is 25.4. The third-order valence-corrected chi connectivity index (χ3v) is 30.7. The van der Waals surface area contributed by atoms with E-state index >= 15 is 0 Å². The number of nitrogens with one attached hydrogen (secondary N) is 5. The Morgan fingerprint density at radius 2 is 0.723 bits per heavy atom. The number of carbonyl (C=O) groups excluding carboxylic acids is 10. The van der Waals surface area contributed by atoms with Gasteiger partial charge in [-0.2, -0.15) is 26.3 Å². The molecular formula is C110H120BrCl3F6N10O13S5. The number of hydrogen-bond donors (Lipinski definition) is 5. The number of thiophene rings is 5. The second-order valence-corrected chi connectivity index (χ2v) is 42.1. The second kappa shape index (κ2) is 59.1. The van der Waals surface area contributed by atoms with Crippen LogP contribution >= 0.6 is 107 Å². The number of rotatable bonds is 35. The molecule has 0 spiro atoms. The molecule has 6 aromatic carbocycles. The van der Waals surface area contributed by atoms with E-state index in [9.17, 15) is 74.3 Å². The molecule has 788 valence electrons. The van der Waals surface area contributed by atoms with E-state index in [1.807, 2.05) is 115 Å². The van der Waals surface area contributed by atoms with Gasteiger partial charge in [-0.3, -0.25) is 67.5 Å². The van der Waals surface area contributed by atoms with Crippen LogP contribution in [0.15, 0.2) is 239 Å². The summed E-state index contributed by atoms with van der Waals surface area (Å²) in [7, 11) is 3.19. The lowest BCUT2D eigenvalue weighted by Gasteiger charge is -2.33. The summed E-state index contributed by atoms with van der Waals surface area (Å²) in [5.74, 6) is -0.551. The second-order valence-electron chi connectivity index (χ2n) is 35.8. The van der Waals surface area contributed by atoms with Gasteiger partial charge < -0.3 is 45.7 Å². The number of alkyl halides is 10. The number of ether oxygens (including phenoxy) is 3. The number of anilines is 5. The molecule has 15 rings (SSSR count). The summed E-state index contributed by atoms with van der Waals surface area (Å²) in [4.78, 5) is 141. The van der Waals surface area contributed by atoms with Crippen LogP contribution in [0.1, 0.15) is 214 Å². The van der Waals surface area contributed by atoms with Gasteiger partial charge >= 0.3 is 18.3 Å². The van der Waals surface area contributed by atoms with Crippen molar-refractivity contribution in [2.75, 3.05) is 68.7 Å². The maximum Gasteiger partial charge on any atom is 0.416 e. The molecule has 0 radical (unpaired) electrons. The number of amides is 10. The Labute approximate surface area is 902 Å². The Morgan fingerprint density at radius 3 is 1.05 bits per heavy atom. The minimum absolute atomic E-state index is 0.0109. The van der Waals surface area contributed by atoms with Gasteiger partial charge in [0.15, 0.2) is 6.04 Å². The molecule has 0 saturated heterocycles. The van der Waals surface area contributed by atoms with E-state index in [1.165, 1.54) is 99.0 Å². The van der Waals surface area contributed by atoms with Crippen molar-refractivity contribution in [1.82, 2.24) is 26.2 Å². The first kappa shape index (κ1) is 117. The van der Waals surface area contributed by atoms with Gasteiger partial charge in [0.1, 0.15) is 65.7 Å². The number of benzene rings is 6. The lowest BCUT2D eigenvalue weighted by Crippen LogP contribution is -2.48. The van der Waals surface area contributed by atoms with Crippen LogP contribution < -0.4 is 60.4 Å². The van der Waals surface area contributed by atoms with Gasteiger partial charge in [-0.05, 0) is 223 Å². The minimum Gasteiger partial charge on any atom is -0.497 e. The zero-order chi connectivity index (χ0) is 106. The monoisotopic (exact) mass is 2250 g/mol. The molecule has 4 saturated carbocycles. The van der Waals surface area contributed by atoms with Crippen molar-refractivity contribution in [2.45, 2.75) is 216 Å². The largest absolute Gasteiger partial charge is 0.497 e. The van der Waals surface area contributed by atoms with E-state index < -0.39 is 83.2 Å². The van der Waals surface area contributed by atoms with Crippen LogP contribution in [0.4, 0.5) is 54.8 Å². The van der Waals surface area contributed by atoms with E-state index in [0.29, 0.717) is 50.6 Å². The lowest BCUT2D eigenvalue weighted by atomic mass is 9.95. The van der Waals surface area contributed by atoms with Crippen molar-refractivity contribution in [1.29, 1.82) is 0 Å². The molecule has 5 atom stereocenters. The first-order valence-corrected chi connectivity index (χ1v) is 55.9. The van der Waals surface area contributed by atoms with Crippen molar-refractivity contribution in [2.24, 2.45) is 5.92 Å². The third kappa shape index (κ3) is 34.0. The molecule has 38 heteroatoms. The Hall–Kier alpha value is -11.6. The third-order valence-electron chi connectivity index (χ3n) is 24.9. The molecule has 23 nitrogen and oxygen atoms in total. The number of nitrogens with zero attached hydrogens (tertiary/aromatic N) is 5. The van der Waals surface area contributed by atoms with Gasteiger partial charge in [-0.25, -0.2) is 0 Å². The summed E-state index contributed by atoms with van der Waals surface area (Å²) in [5, 5.41) is 24.7. The average Bonchev–Trinajstić information content (AvgIpc) is 1.27. The van der Waals surface area contributed by atoms with Crippen molar-refractivity contribution in [3.8, 4) is 29.6 Å². The number of methoxy groups -OCH3 is 2. The Balaban J connectivity index is 0.000000177. The van der Waals surface area contributed by atoms with Crippen LogP contribution in [0.2, 0.25) is 0 Å². The number of halogens is 10. The number of hydrogen-bond acceptors (Lipinski definition) is 18. The Bertz CT molecular complexity index is 5920. The highest BCUT2D eigenvalue weighted by Crippen LogP contribution is 2.43. The highest BCUT2D eigenvalue weighted by atomic mass is 79.9. The highest BCUT2D eigenvalue weighted by Gasteiger charge is 2.43. The molecule has 4 fully saturated rings. The normalized spacial score (nSPS) is 14.9. The fraction of sp³-hybridized carbons (Fsp3) is 0.382. The summed E-state index contributed by atoms with van der Waals surface area (Å²) in [6.07, 6.45) is 17.5. The molecule has 5 aromatic heterocycles. The predicted molar refractivity (Wildman–Crippen MR) is 581 cm³/mol. The lowest BCUT2D eigenvalue weighted by molar-refractivity contribution is -0.140. The quantitative estimate of drug-likeness (QED) is 0.0141. The summed E-state index contributed by atoms with van der Waals surface area (Å²) >= 11 is 27.7. The summed E-state index contributed by atoms with van der Waals surface area (Å²) in [6.45, 7) is 4.85. The Morgan fingerprint density at radius 1 is 0.392 bits per heavy atom. The van der Waals surface area contributed by atoms with Crippen LogP contribution in [0, 0.1) is 18.3 Å². The molecule has 4 aliphatic carbocycles. The minimum atomic E-state index is -4.66. The molecule has 4 aliphatic rings. The van der Waals surface area contributed by atoms with E-state index in [1.54, 1.807) is 120 Å². The van der Waals surface area contributed by atoms with Crippen LogP contribution in [0.25, 0.3) is 0 Å². The van der Waals surface area contributed by atoms with Crippen molar-refractivity contribution in [3.63, 3.8) is 0 Å². The van der Waals surface area contributed by atoms with E-state index in [0.717, 1.165) is 169 Å². The topological polar surface area (TPSA) is 275 Å². The van der Waals surface area contributed by atoms with E-state index in [4.69, 9.17) is 55.4 Å². The van der Waals surface area contributed by atoms with E-state index in [-0.39, 0.29) is 101 Å². The van der Waals surface area contributed by atoms with Crippen molar-refractivity contribution < 1.29 is 88.5 Å². The maximum atomic E-state index is 13.7. The molecule has 11 aromatic rings. The van der Waals surface area contributed by atoms with Gasteiger partial charge in [0.25, 0.3) is 5.91 Å². The van der Waals surface area contributed by atoms with Gasteiger partial charge in [0.2, 0.25) is 47.3 Å². The number of carbonyl (C=O) groups is 10. The standard InChI is InChI=1S/C29H21F3N2O3S.C21H25BrN2O3S.C21H22ClF3N2O2S.C21H25ClN2O3S.C18H27ClN2O2S/c1-2-26(35)34(22-13-8-12-21(18-22)29(30,31)32)27(25-16-9-17-38-25)28(36)33-23-14-6-7-15-24(23)37-19-20-10-4-3-5-11-20;1-27-17-11-9-16(10-12-17)24(19(25)14-22)20(18-8-5-13-28-18)21(26)23-15-6-3-2-4-7-15;22-13-18(28)27(16-9-4-6-14(12-16)21(23,24)25)19(17-10-5-11-30-17)20(29)26-15-7-2-1-3-8-15;1-27-17-11-9-16(10-12-17)24(19(25)14-22)20(18-8-5-13-28-18)21(26)23-15-6-3-2-4-7-15;1-13(2)12-21(16(22)11-19)17(15-9-6-10-24-15)18(23)20-14-7-4-3-5-8-14/h1,3-18,27H,19H2,(H,33,36);5,8-13,15,20H,2-4,6-7,14H2,1H3,(H,23,26);4-6,9-12,15,19H,1-3,7-8,13H2,(H,26,29);5,8-13,15,20H,2-4,6-7,14H2,1H3,(H,23,26);6,9-10,13-14,17H,3-5,7-8,11-12H2,1-2H3,(H,20,23). The van der Waals surface area contributed by atoms with Gasteiger partial charge in [-0.15, -0.1) is 97.9 Å². The van der Waals surface area contributed by atoms with E-state index in [2.05, 4.69) is 42.5 Å². The van der Waals surface area contributed by atoms with Gasteiger partial charge in [0, 0.05) is 77.8 Å². The molecule has 5 unspecified atom stereocenters. The summed E-state index contributed by atoms with van der Waals surface area (Å²) < 4.78 is 96.4. The molecule has 148 heavy (non-hydrogen) atoms. The fourth-order valence-electron chi connectivity index (χ4n) is 17.8. The van der Waals surface area contributed by atoms with Crippen molar-refractivity contribution >= 4 is 195 Å². The van der Waals surface area contributed by atoms with Crippen LogP contribution in [-0.4, -0.2) is 132 Å². The SMILES string of the molecule is C#CC(=O)N(c1cccc(C(F)(F)F)c1)C(C(=O)Nc1ccccc1OCc1ccccc1)c1cccs1.CC(C)CN(C(=O)CCl)C(C(=O)NC1CCCCC1)c1cccs1.COc1ccc(N(C(=O)CBr)C(C(=O)NC2CCCCC2)c2cccs2)cc1.COc1ccc(N(C(=O)CCl)C(C(=O)NC2CCCCC2)c2cccs2)cc1.O=C(NC1CCCCC1)C(c1cccs1)N(C(=O)CCl)c1cccc(C(F)(F)F)c1. The molecular weight excluding hydrogens is 2130 g/mol. The summed E-state index contributed by atoms with van der Waals surface area (Å²) in [6, 6.07) is 53.2. The maximum absolute atomic E-state index is 13.7. The first-order valence-electron chi connectivity index (χ1n) is 48.8.